The van der Waals surface area contributed by atoms with Crippen molar-refractivity contribution in [1.82, 2.24) is 0 Å². The van der Waals surface area contributed by atoms with Gasteiger partial charge in [0, 0.05) is 0 Å². The van der Waals surface area contributed by atoms with E-state index in [1.165, 1.54) is 0 Å². The van der Waals surface area contributed by atoms with Gasteiger partial charge in [0.15, 0.2) is 0 Å². The van der Waals surface area contributed by atoms with E-state index >= 15 is 0 Å². The van der Waals surface area contributed by atoms with Crippen molar-refractivity contribution in [3.05, 3.63) is 35.3 Å². The quantitative estimate of drug-likeness (QED) is 0.696. The first-order valence-electron chi connectivity index (χ1n) is 4.86. The standard InChI is InChI=1S/C8H6O4/c9-7(10)5-2-1-3-6(4-5)8(11)12/h1-4H,(H,9,10)(H,11,12)/i1D,2D,3D,4D. The molecule has 0 aliphatic carbocycles. The molecule has 62 valence electrons. The Hall–Kier alpha value is -1.84. The number of hydrogen-bond donors (Lipinski definition) is 2. The van der Waals surface area contributed by atoms with Crippen molar-refractivity contribution in [2.75, 3.05) is 0 Å². The molecule has 0 amide bonds. The summed E-state index contributed by atoms with van der Waals surface area (Å²) in [5, 5.41) is 17.4. The van der Waals surface area contributed by atoms with Crippen LogP contribution in [0.4, 0.5) is 0 Å². The van der Waals surface area contributed by atoms with Gasteiger partial charge in [-0.2, -0.15) is 0 Å². The Morgan fingerprint density at radius 2 is 1.58 bits per heavy atom. The van der Waals surface area contributed by atoms with Crippen LogP contribution < -0.4 is 0 Å². The lowest BCUT2D eigenvalue weighted by molar-refractivity contribution is 0.0696. The van der Waals surface area contributed by atoms with Crippen LogP contribution in [0.1, 0.15) is 26.2 Å². The minimum Gasteiger partial charge on any atom is -0.478 e. The Labute approximate surface area is 73.7 Å². The van der Waals surface area contributed by atoms with E-state index in [1.807, 2.05) is 0 Å². The summed E-state index contributed by atoms with van der Waals surface area (Å²) >= 11 is 0. The highest BCUT2D eigenvalue weighted by Crippen LogP contribution is 2.04. The minimum atomic E-state index is -1.66. The molecule has 0 aliphatic heterocycles. The number of carboxylic acid groups (broad SMARTS) is 2. The summed E-state index contributed by atoms with van der Waals surface area (Å²) in [5.74, 6) is -3.32. The fourth-order valence-corrected chi connectivity index (χ4v) is 0.558. The van der Waals surface area contributed by atoms with Gasteiger partial charge >= 0.3 is 11.9 Å². The third-order valence-electron chi connectivity index (χ3n) is 1.05. The zero-order valence-electron chi connectivity index (χ0n) is 9.71. The highest BCUT2D eigenvalue weighted by molar-refractivity contribution is 5.93. The van der Waals surface area contributed by atoms with E-state index in [0.717, 1.165) is 0 Å². The molecule has 0 aliphatic rings. The van der Waals surface area contributed by atoms with Crippen LogP contribution in [0.2, 0.25) is 0 Å². The summed E-state index contributed by atoms with van der Waals surface area (Å²) in [5.41, 5.74) is -1.75. The van der Waals surface area contributed by atoms with Crippen molar-refractivity contribution in [3.8, 4) is 0 Å². The molecular weight excluding hydrogens is 160 g/mol. The first-order chi connectivity index (χ1) is 7.29. The van der Waals surface area contributed by atoms with Gasteiger partial charge in [0.2, 0.25) is 0 Å². The van der Waals surface area contributed by atoms with Gasteiger partial charge in [-0.1, -0.05) is 6.04 Å². The predicted molar refractivity (Wildman–Crippen MR) is 40.4 cm³/mol. The van der Waals surface area contributed by atoms with Crippen LogP contribution in [0.5, 0.6) is 0 Å². The van der Waals surface area contributed by atoms with Crippen molar-refractivity contribution in [2.45, 2.75) is 0 Å². The molecular formula is C8H6O4. The molecule has 0 fully saturated rings. The average molecular weight is 170 g/mol. The molecule has 0 radical (unpaired) electrons. The largest absolute Gasteiger partial charge is 0.478 e. The molecule has 0 unspecified atom stereocenters. The Kier molecular flexibility index (Phi) is 1.08. The first-order valence-corrected chi connectivity index (χ1v) is 2.86. The smallest absolute Gasteiger partial charge is 0.335 e. The molecule has 0 bridgehead atoms. The zero-order chi connectivity index (χ0) is 12.6. The predicted octanol–water partition coefficient (Wildman–Crippen LogP) is 1.08. The molecule has 0 saturated carbocycles. The van der Waals surface area contributed by atoms with Crippen molar-refractivity contribution >= 4 is 11.9 Å². The first kappa shape index (κ1) is 4.25. The molecule has 0 heterocycles. The van der Waals surface area contributed by atoms with Crippen LogP contribution in [0.25, 0.3) is 0 Å². The summed E-state index contributed by atoms with van der Waals surface area (Å²) < 4.78 is 29.0. The second-order valence-corrected chi connectivity index (χ2v) is 1.86. The van der Waals surface area contributed by atoms with E-state index in [0.29, 0.717) is 0 Å². The zero-order valence-corrected chi connectivity index (χ0v) is 5.71. The minimum absolute atomic E-state index is 0.814. The number of rotatable bonds is 2. The SMILES string of the molecule is [2H]c1c([2H])c(C(=O)O)c([2H])c(C(=O)O)c1[2H]. The summed E-state index contributed by atoms with van der Waals surface area (Å²) in [7, 11) is 0. The van der Waals surface area contributed by atoms with Gasteiger partial charge in [0.05, 0.1) is 16.6 Å². The lowest BCUT2D eigenvalue weighted by Crippen LogP contribution is -2.01. The van der Waals surface area contributed by atoms with Gasteiger partial charge < -0.3 is 10.2 Å². The highest BCUT2D eigenvalue weighted by Gasteiger charge is 2.06. The Morgan fingerprint density at radius 1 is 1.17 bits per heavy atom. The lowest BCUT2D eigenvalue weighted by atomic mass is 10.1. The van der Waals surface area contributed by atoms with Gasteiger partial charge in [0.1, 0.15) is 0 Å². The molecule has 0 spiro atoms. The van der Waals surface area contributed by atoms with E-state index in [4.69, 9.17) is 15.7 Å². The maximum atomic E-state index is 10.7. The van der Waals surface area contributed by atoms with Gasteiger partial charge in [-0.3, -0.25) is 0 Å². The van der Waals surface area contributed by atoms with Crippen molar-refractivity contribution in [3.63, 3.8) is 0 Å². The normalized spacial score (nSPS) is 14.0. The number of carbonyl (C=O) groups is 2. The Bertz CT molecular complexity index is 456. The van der Waals surface area contributed by atoms with Gasteiger partial charge in [0.25, 0.3) is 0 Å². The maximum absolute atomic E-state index is 10.7. The van der Waals surface area contributed by atoms with E-state index < -0.39 is 47.2 Å². The fraction of sp³-hybridized carbons (Fsp3) is 0. The van der Waals surface area contributed by atoms with Crippen molar-refractivity contribution < 1.29 is 25.3 Å². The second-order valence-electron chi connectivity index (χ2n) is 1.86. The van der Waals surface area contributed by atoms with Crippen molar-refractivity contribution in [2.24, 2.45) is 0 Å². The van der Waals surface area contributed by atoms with E-state index in [9.17, 15) is 9.59 Å². The topological polar surface area (TPSA) is 74.6 Å². The Balaban J connectivity index is 3.80. The molecule has 0 saturated heterocycles. The molecule has 0 aromatic heterocycles. The maximum Gasteiger partial charge on any atom is 0.335 e. The molecule has 0 atom stereocenters. The van der Waals surface area contributed by atoms with Gasteiger partial charge in [-0.05, 0) is 18.1 Å². The van der Waals surface area contributed by atoms with Crippen molar-refractivity contribution in [1.29, 1.82) is 0 Å². The molecule has 12 heavy (non-hydrogen) atoms. The molecule has 2 N–H and O–H groups in total. The molecule has 1 aromatic carbocycles. The van der Waals surface area contributed by atoms with E-state index in [2.05, 4.69) is 0 Å². The highest BCUT2D eigenvalue weighted by atomic mass is 16.4. The lowest BCUT2D eigenvalue weighted by Gasteiger charge is -1.95. The van der Waals surface area contributed by atoms with E-state index in [1.54, 1.807) is 0 Å². The summed E-state index contributed by atoms with van der Waals surface area (Å²) in [6.45, 7) is 0. The molecule has 4 heteroatoms. The van der Waals surface area contributed by atoms with Crippen LogP contribution in [0.15, 0.2) is 24.2 Å². The average Bonchev–Trinajstić information content (AvgIpc) is 2.13. The summed E-state index contributed by atoms with van der Waals surface area (Å²) in [6, 6.07) is -3.39. The third-order valence-corrected chi connectivity index (χ3v) is 1.05. The monoisotopic (exact) mass is 170 g/mol. The van der Waals surface area contributed by atoms with Crippen LogP contribution in [0, 0.1) is 0 Å². The van der Waals surface area contributed by atoms with E-state index in [-0.39, 0.29) is 0 Å². The summed E-state index contributed by atoms with van der Waals surface area (Å²) in [6.07, 6.45) is 0. The fourth-order valence-electron chi connectivity index (χ4n) is 0.558. The third kappa shape index (κ3) is 1.60. The van der Waals surface area contributed by atoms with Gasteiger partial charge in [-0.15, -0.1) is 0 Å². The Morgan fingerprint density at radius 3 is 1.92 bits per heavy atom. The second kappa shape index (κ2) is 3.04. The van der Waals surface area contributed by atoms with Crippen LogP contribution in [-0.4, -0.2) is 22.2 Å². The number of carboxylic acids is 2. The molecule has 1 rings (SSSR count). The van der Waals surface area contributed by atoms with Crippen LogP contribution >= 0.6 is 0 Å². The van der Waals surface area contributed by atoms with Crippen LogP contribution in [0.3, 0.4) is 0 Å². The van der Waals surface area contributed by atoms with Gasteiger partial charge in [-0.25, -0.2) is 9.59 Å². The summed E-state index contributed by atoms with van der Waals surface area (Å²) in [4.78, 5) is 21.4. The molecule has 1 aromatic rings. The number of aromatic carboxylic acids is 2. The molecule has 4 nitrogen and oxygen atoms in total. The number of benzene rings is 1. The van der Waals surface area contributed by atoms with Crippen LogP contribution in [-0.2, 0) is 0 Å². The number of hydrogen-bond acceptors (Lipinski definition) is 2.